The van der Waals surface area contributed by atoms with Gasteiger partial charge >= 0.3 is 6.03 Å². The van der Waals surface area contributed by atoms with Gasteiger partial charge in [0.05, 0.1) is 0 Å². The minimum atomic E-state index is -0.702. The van der Waals surface area contributed by atoms with Crippen molar-refractivity contribution in [2.75, 3.05) is 13.6 Å². The Labute approximate surface area is 141 Å². The Kier molecular flexibility index (Phi) is 4.83. The number of likely N-dealkylation sites (N-methyl/N-ethyl adjacent to an activating group) is 1. The van der Waals surface area contributed by atoms with Crippen molar-refractivity contribution in [1.29, 1.82) is 0 Å². The Bertz CT molecular complexity index is 626. The fourth-order valence-corrected chi connectivity index (χ4v) is 3.46. The van der Waals surface area contributed by atoms with Gasteiger partial charge < -0.3 is 10.2 Å². The van der Waals surface area contributed by atoms with Gasteiger partial charge in [0.1, 0.15) is 12.6 Å². The molecule has 3 rings (SSSR count). The van der Waals surface area contributed by atoms with Gasteiger partial charge in [0.25, 0.3) is 5.91 Å². The lowest BCUT2D eigenvalue weighted by atomic mass is 9.94. The van der Waals surface area contributed by atoms with Crippen molar-refractivity contribution >= 4 is 17.8 Å². The first kappa shape index (κ1) is 16.5. The molecular weight excluding hydrogens is 306 g/mol. The lowest BCUT2D eigenvalue weighted by Gasteiger charge is -2.32. The summed E-state index contributed by atoms with van der Waals surface area (Å²) in [6, 6.07) is 8.09. The van der Waals surface area contributed by atoms with Crippen molar-refractivity contribution < 1.29 is 14.4 Å². The van der Waals surface area contributed by atoms with Gasteiger partial charge in [-0.05, 0) is 18.4 Å². The van der Waals surface area contributed by atoms with Crippen molar-refractivity contribution in [2.45, 2.75) is 44.2 Å². The molecule has 24 heavy (non-hydrogen) atoms. The molecule has 6 nitrogen and oxygen atoms in total. The van der Waals surface area contributed by atoms with E-state index in [4.69, 9.17) is 0 Å². The number of carbonyl (C=O) groups excluding carboxylic acids is 3. The number of benzene rings is 1. The Balaban J connectivity index is 1.65. The molecule has 0 spiro atoms. The lowest BCUT2D eigenvalue weighted by molar-refractivity contribution is -0.138. The number of rotatable bonds is 4. The van der Waals surface area contributed by atoms with E-state index in [0.717, 1.165) is 36.1 Å². The second kappa shape index (κ2) is 7.03. The summed E-state index contributed by atoms with van der Waals surface area (Å²) in [5, 5.41) is 2.66. The molecule has 1 saturated heterocycles. The molecule has 1 atom stereocenters. The first-order valence-corrected chi connectivity index (χ1v) is 8.50. The summed E-state index contributed by atoms with van der Waals surface area (Å²) < 4.78 is 0. The average molecular weight is 329 g/mol. The highest BCUT2D eigenvalue weighted by atomic mass is 16.2. The molecule has 0 aromatic heterocycles. The van der Waals surface area contributed by atoms with E-state index in [1.165, 1.54) is 6.42 Å². The maximum absolute atomic E-state index is 12.5. The first-order chi connectivity index (χ1) is 11.6. The summed E-state index contributed by atoms with van der Waals surface area (Å²) >= 11 is 0. The Morgan fingerprint density at radius 2 is 1.83 bits per heavy atom. The SMILES string of the molecule is CN(C(=O)CN1C(=O)NC(c2ccccc2)C1=O)C1CCCCC1. The number of amides is 4. The van der Waals surface area contributed by atoms with E-state index in [-0.39, 0.29) is 24.4 Å². The molecule has 1 aliphatic heterocycles. The Morgan fingerprint density at radius 3 is 2.50 bits per heavy atom. The van der Waals surface area contributed by atoms with Crippen LogP contribution in [-0.4, -0.2) is 47.3 Å². The van der Waals surface area contributed by atoms with E-state index in [0.29, 0.717) is 0 Å². The molecule has 1 saturated carbocycles. The van der Waals surface area contributed by atoms with Crippen molar-refractivity contribution in [1.82, 2.24) is 15.1 Å². The minimum Gasteiger partial charge on any atom is -0.341 e. The van der Waals surface area contributed by atoms with Crippen molar-refractivity contribution in [3.8, 4) is 0 Å². The van der Waals surface area contributed by atoms with Crippen LogP contribution in [0.4, 0.5) is 4.79 Å². The van der Waals surface area contributed by atoms with Gasteiger partial charge in [-0.3, -0.25) is 14.5 Å². The normalized spacial score (nSPS) is 21.7. The summed E-state index contributed by atoms with van der Waals surface area (Å²) in [5.41, 5.74) is 0.728. The highest BCUT2D eigenvalue weighted by molar-refractivity contribution is 6.06. The van der Waals surface area contributed by atoms with Crippen molar-refractivity contribution in [3.63, 3.8) is 0 Å². The molecule has 1 heterocycles. The molecule has 6 heteroatoms. The lowest BCUT2D eigenvalue weighted by Crippen LogP contribution is -2.45. The van der Waals surface area contributed by atoms with Crippen molar-refractivity contribution in [3.05, 3.63) is 35.9 Å². The Morgan fingerprint density at radius 1 is 1.17 bits per heavy atom. The van der Waals surface area contributed by atoms with Crippen LogP contribution in [0, 0.1) is 0 Å². The molecule has 0 bridgehead atoms. The van der Waals surface area contributed by atoms with Gasteiger partial charge in [0.2, 0.25) is 5.91 Å². The standard InChI is InChI=1S/C18H23N3O3/c1-20(14-10-6-3-7-11-14)15(22)12-21-17(23)16(19-18(21)24)13-8-4-2-5-9-13/h2,4-5,8-9,14,16H,3,6-7,10-12H2,1H3,(H,19,24). The van der Waals surface area contributed by atoms with E-state index >= 15 is 0 Å². The topological polar surface area (TPSA) is 69.7 Å². The van der Waals surface area contributed by atoms with E-state index < -0.39 is 12.1 Å². The number of nitrogens with zero attached hydrogens (tertiary/aromatic N) is 2. The number of nitrogens with one attached hydrogen (secondary N) is 1. The summed E-state index contributed by atoms with van der Waals surface area (Å²) in [5.74, 6) is -0.546. The number of hydrogen-bond acceptors (Lipinski definition) is 3. The van der Waals surface area contributed by atoms with E-state index in [1.807, 2.05) is 18.2 Å². The second-order valence-electron chi connectivity index (χ2n) is 6.51. The average Bonchev–Trinajstić information content (AvgIpc) is 2.90. The van der Waals surface area contributed by atoms with Gasteiger partial charge in [-0.15, -0.1) is 0 Å². The van der Waals surface area contributed by atoms with Gasteiger partial charge in [-0.25, -0.2) is 4.79 Å². The minimum absolute atomic E-state index is 0.181. The zero-order valence-corrected chi connectivity index (χ0v) is 13.9. The fourth-order valence-electron chi connectivity index (χ4n) is 3.46. The molecule has 0 radical (unpaired) electrons. The zero-order valence-electron chi connectivity index (χ0n) is 13.9. The molecule has 128 valence electrons. The largest absolute Gasteiger partial charge is 0.341 e. The second-order valence-corrected chi connectivity index (χ2v) is 6.51. The third kappa shape index (κ3) is 3.27. The molecule has 2 aliphatic rings. The number of imide groups is 1. The molecule has 1 aromatic rings. The van der Waals surface area contributed by atoms with Crippen LogP contribution >= 0.6 is 0 Å². The molecule has 1 aliphatic carbocycles. The van der Waals surface area contributed by atoms with Crippen LogP contribution < -0.4 is 5.32 Å². The summed E-state index contributed by atoms with van der Waals surface area (Å²) in [6.07, 6.45) is 5.46. The predicted molar refractivity (Wildman–Crippen MR) is 89.1 cm³/mol. The third-order valence-electron chi connectivity index (χ3n) is 4.97. The molecule has 4 amide bonds. The van der Waals surface area contributed by atoms with Gasteiger partial charge in [-0.2, -0.15) is 0 Å². The highest BCUT2D eigenvalue weighted by Crippen LogP contribution is 2.24. The number of urea groups is 1. The third-order valence-corrected chi connectivity index (χ3v) is 4.97. The van der Waals surface area contributed by atoms with Gasteiger partial charge in [0.15, 0.2) is 0 Å². The van der Waals surface area contributed by atoms with Crippen LogP contribution in [0.3, 0.4) is 0 Å². The smallest absolute Gasteiger partial charge is 0.325 e. The summed E-state index contributed by atoms with van der Waals surface area (Å²) in [6.45, 7) is -0.193. The maximum Gasteiger partial charge on any atom is 0.325 e. The molecular formula is C18H23N3O3. The molecule has 1 N–H and O–H groups in total. The van der Waals surface area contributed by atoms with E-state index in [1.54, 1.807) is 24.1 Å². The number of hydrogen-bond donors (Lipinski definition) is 1. The molecule has 2 fully saturated rings. The summed E-state index contributed by atoms with van der Waals surface area (Å²) in [7, 11) is 1.77. The van der Waals surface area contributed by atoms with Gasteiger partial charge in [0, 0.05) is 13.1 Å². The van der Waals surface area contributed by atoms with Crippen LogP contribution in [0.2, 0.25) is 0 Å². The first-order valence-electron chi connectivity index (χ1n) is 8.50. The van der Waals surface area contributed by atoms with Crippen LogP contribution in [0.1, 0.15) is 43.7 Å². The Hall–Kier alpha value is -2.37. The summed E-state index contributed by atoms with van der Waals surface area (Å²) in [4.78, 5) is 39.9. The predicted octanol–water partition coefficient (Wildman–Crippen LogP) is 2.07. The van der Waals surface area contributed by atoms with Crippen LogP contribution in [0.25, 0.3) is 0 Å². The molecule has 1 aromatic carbocycles. The van der Waals surface area contributed by atoms with E-state index in [2.05, 4.69) is 5.32 Å². The highest BCUT2D eigenvalue weighted by Gasteiger charge is 2.40. The monoisotopic (exact) mass is 329 g/mol. The fraction of sp³-hybridized carbons (Fsp3) is 0.500. The van der Waals surface area contributed by atoms with Gasteiger partial charge in [-0.1, -0.05) is 49.6 Å². The maximum atomic E-state index is 12.5. The van der Waals surface area contributed by atoms with E-state index in [9.17, 15) is 14.4 Å². The molecule has 1 unspecified atom stereocenters. The van der Waals surface area contributed by atoms with Crippen LogP contribution in [0.5, 0.6) is 0 Å². The van der Waals surface area contributed by atoms with Crippen LogP contribution in [0.15, 0.2) is 30.3 Å². The van der Waals surface area contributed by atoms with Crippen LogP contribution in [-0.2, 0) is 9.59 Å². The zero-order chi connectivity index (χ0) is 17.1. The quantitative estimate of drug-likeness (QED) is 0.860. The number of carbonyl (C=O) groups is 3. The van der Waals surface area contributed by atoms with Crippen molar-refractivity contribution in [2.24, 2.45) is 0 Å².